The lowest BCUT2D eigenvalue weighted by atomic mass is 10.3. The molecule has 1 aromatic carbocycles. The normalized spacial score (nSPS) is 15.5. The molecule has 1 aliphatic rings. The number of rotatable bonds is 4. The molecule has 0 amide bonds. The van der Waals surface area contributed by atoms with Gasteiger partial charge in [0, 0.05) is 0 Å². The van der Waals surface area contributed by atoms with Gasteiger partial charge in [-0.05, 0) is 60.8 Å². The van der Waals surface area contributed by atoms with Gasteiger partial charge in [-0.25, -0.2) is 0 Å². The summed E-state index contributed by atoms with van der Waals surface area (Å²) in [6.07, 6.45) is 2.99. The Morgan fingerprint density at radius 1 is 1.33 bits per heavy atom. The van der Waals surface area contributed by atoms with Crippen LogP contribution in [0.25, 0.3) is 0 Å². The topological polar surface area (TPSA) is 18.5 Å². The van der Waals surface area contributed by atoms with Crippen LogP contribution < -0.4 is 9.47 Å². The Morgan fingerprint density at radius 2 is 2.07 bits per heavy atom. The zero-order valence-corrected chi connectivity index (χ0v) is 10.6. The van der Waals surface area contributed by atoms with Crippen molar-refractivity contribution in [2.24, 2.45) is 0 Å². The van der Waals surface area contributed by atoms with E-state index in [1.807, 2.05) is 32.0 Å². The first kappa shape index (κ1) is 10.8. The highest BCUT2D eigenvalue weighted by Gasteiger charge is 2.23. The minimum atomic E-state index is 0.191. The van der Waals surface area contributed by atoms with E-state index in [0.29, 0.717) is 6.10 Å². The molecule has 0 unspecified atom stereocenters. The summed E-state index contributed by atoms with van der Waals surface area (Å²) in [6, 6.07) is 5.87. The standard InChI is InChI=1S/C12H15BrO2/c1-8(2)14-12-6-5-10(7-11(12)13)15-9-3-4-9/h5-9H,3-4H2,1-2H3. The molecule has 1 aliphatic carbocycles. The van der Waals surface area contributed by atoms with Crippen molar-refractivity contribution in [3.05, 3.63) is 22.7 Å². The molecule has 0 aromatic heterocycles. The Bertz CT molecular complexity index is 345. The van der Waals surface area contributed by atoms with Gasteiger partial charge in [0.15, 0.2) is 0 Å². The van der Waals surface area contributed by atoms with E-state index >= 15 is 0 Å². The Balaban J connectivity index is 2.07. The van der Waals surface area contributed by atoms with Gasteiger partial charge in [0.1, 0.15) is 11.5 Å². The van der Waals surface area contributed by atoms with Crippen LogP contribution in [0.2, 0.25) is 0 Å². The third-order valence-electron chi connectivity index (χ3n) is 2.09. The number of halogens is 1. The van der Waals surface area contributed by atoms with Gasteiger partial charge >= 0.3 is 0 Å². The summed E-state index contributed by atoms with van der Waals surface area (Å²) >= 11 is 3.48. The maximum absolute atomic E-state index is 5.68. The third kappa shape index (κ3) is 3.13. The molecule has 2 rings (SSSR count). The van der Waals surface area contributed by atoms with E-state index in [9.17, 15) is 0 Å². The molecule has 82 valence electrons. The molecule has 3 heteroatoms. The Morgan fingerprint density at radius 3 is 2.60 bits per heavy atom. The largest absolute Gasteiger partial charge is 0.490 e. The molecular formula is C12H15BrO2. The molecule has 0 radical (unpaired) electrons. The van der Waals surface area contributed by atoms with Gasteiger partial charge in [-0.15, -0.1) is 0 Å². The van der Waals surface area contributed by atoms with Crippen molar-refractivity contribution in [2.75, 3.05) is 0 Å². The van der Waals surface area contributed by atoms with Crippen molar-refractivity contribution in [1.82, 2.24) is 0 Å². The van der Waals surface area contributed by atoms with Gasteiger partial charge in [-0.3, -0.25) is 0 Å². The Labute approximate surface area is 98.7 Å². The van der Waals surface area contributed by atoms with E-state index in [2.05, 4.69) is 15.9 Å². The van der Waals surface area contributed by atoms with Crippen molar-refractivity contribution in [3.63, 3.8) is 0 Å². The lowest BCUT2D eigenvalue weighted by Crippen LogP contribution is -2.06. The number of hydrogen-bond acceptors (Lipinski definition) is 2. The molecule has 1 saturated carbocycles. The first-order valence-corrected chi connectivity index (χ1v) is 6.07. The predicted octanol–water partition coefficient (Wildman–Crippen LogP) is 3.78. The molecule has 1 fully saturated rings. The maximum Gasteiger partial charge on any atom is 0.134 e. The van der Waals surface area contributed by atoms with Crippen LogP contribution in [0.4, 0.5) is 0 Å². The van der Waals surface area contributed by atoms with E-state index in [1.165, 1.54) is 12.8 Å². The minimum Gasteiger partial charge on any atom is -0.490 e. The minimum absolute atomic E-state index is 0.191. The molecule has 0 heterocycles. The summed E-state index contributed by atoms with van der Waals surface area (Å²) in [5, 5.41) is 0. The fourth-order valence-electron chi connectivity index (χ4n) is 1.28. The van der Waals surface area contributed by atoms with Gasteiger partial charge in [0.2, 0.25) is 0 Å². The van der Waals surface area contributed by atoms with E-state index in [-0.39, 0.29) is 6.10 Å². The average molecular weight is 271 g/mol. The highest BCUT2D eigenvalue weighted by atomic mass is 79.9. The molecule has 0 N–H and O–H groups in total. The fourth-order valence-corrected chi connectivity index (χ4v) is 1.73. The van der Waals surface area contributed by atoms with E-state index < -0.39 is 0 Å². The number of ether oxygens (including phenoxy) is 2. The van der Waals surface area contributed by atoms with Crippen molar-refractivity contribution >= 4 is 15.9 Å². The summed E-state index contributed by atoms with van der Waals surface area (Å²) in [4.78, 5) is 0. The molecule has 0 bridgehead atoms. The van der Waals surface area contributed by atoms with Crippen LogP contribution in [0.5, 0.6) is 11.5 Å². The number of hydrogen-bond donors (Lipinski definition) is 0. The molecule has 0 atom stereocenters. The van der Waals surface area contributed by atoms with Crippen LogP contribution in [0.15, 0.2) is 22.7 Å². The second kappa shape index (κ2) is 4.44. The maximum atomic E-state index is 5.68. The molecule has 0 saturated heterocycles. The quantitative estimate of drug-likeness (QED) is 0.829. The van der Waals surface area contributed by atoms with Gasteiger partial charge < -0.3 is 9.47 Å². The van der Waals surface area contributed by atoms with Crippen LogP contribution in [-0.2, 0) is 0 Å². The van der Waals surface area contributed by atoms with E-state index in [4.69, 9.17) is 9.47 Å². The zero-order valence-electron chi connectivity index (χ0n) is 9.00. The van der Waals surface area contributed by atoms with E-state index in [1.54, 1.807) is 0 Å². The van der Waals surface area contributed by atoms with Gasteiger partial charge in [0.25, 0.3) is 0 Å². The van der Waals surface area contributed by atoms with Crippen LogP contribution in [-0.4, -0.2) is 12.2 Å². The summed E-state index contributed by atoms with van der Waals surface area (Å²) in [6.45, 7) is 4.03. The highest BCUT2D eigenvalue weighted by molar-refractivity contribution is 9.10. The van der Waals surface area contributed by atoms with Gasteiger partial charge in [-0.2, -0.15) is 0 Å². The second-order valence-electron chi connectivity index (χ2n) is 4.08. The monoisotopic (exact) mass is 270 g/mol. The fraction of sp³-hybridized carbons (Fsp3) is 0.500. The lowest BCUT2D eigenvalue weighted by Gasteiger charge is -2.12. The van der Waals surface area contributed by atoms with Crippen LogP contribution in [0.1, 0.15) is 26.7 Å². The molecule has 15 heavy (non-hydrogen) atoms. The second-order valence-corrected chi connectivity index (χ2v) is 4.93. The molecule has 0 spiro atoms. The molecule has 2 nitrogen and oxygen atoms in total. The smallest absolute Gasteiger partial charge is 0.134 e. The molecule has 1 aromatic rings. The summed E-state index contributed by atoms with van der Waals surface area (Å²) < 4.78 is 12.3. The predicted molar refractivity (Wildman–Crippen MR) is 63.6 cm³/mol. The van der Waals surface area contributed by atoms with Crippen LogP contribution in [0.3, 0.4) is 0 Å². The third-order valence-corrected chi connectivity index (χ3v) is 2.71. The van der Waals surface area contributed by atoms with Crippen LogP contribution in [0, 0.1) is 0 Å². The van der Waals surface area contributed by atoms with Gasteiger partial charge in [0.05, 0.1) is 16.7 Å². The SMILES string of the molecule is CC(C)Oc1ccc(OC2CC2)cc1Br. The number of benzene rings is 1. The Hall–Kier alpha value is -0.700. The summed E-state index contributed by atoms with van der Waals surface area (Å²) in [5.74, 6) is 1.79. The average Bonchev–Trinajstić information content (AvgIpc) is 2.93. The van der Waals surface area contributed by atoms with Crippen molar-refractivity contribution in [1.29, 1.82) is 0 Å². The van der Waals surface area contributed by atoms with Crippen molar-refractivity contribution < 1.29 is 9.47 Å². The lowest BCUT2D eigenvalue weighted by molar-refractivity contribution is 0.240. The molecule has 0 aliphatic heterocycles. The first-order chi connectivity index (χ1) is 7.15. The van der Waals surface area contributed by atoms with Crippen molar-refractivity contribution in [2.45, 2.75) is 38.9 Å². The summed E-state index contributed by atoms with van der Waals surface area (Å²) in [5.41, 5.74) is 0. The zero-order chi connectivity index (χ0) is 10.8. The van der Waals surface area contributed by atoms with E-state index in [0.717, 1.165) is 16.0 Å². The molecular weight excluding hydrogens is 256 g/mol. The Kier molecular flexibility index (Phi) is 3.19. The van der Waals surface area contributed by atoms with Gasteiger partial charge in [-0.1, -0.05) is 0 Å². The first-order valence-electron chi connectivity index (χ1n) is 5.28. The van der Waals surface area contributed by atoms with Crippen molar-refractivity contribution in [3.8, 4) is 11.5 Å². The van der Waals surface area contributed by atoms with Crippen LogP contribution >= 0.6 is 15.9 Å². The summed E-state index contributed by atoms with van der Waals surface area (Å²) in [7, 11) is 0. The highest BCUT2D eigenvalue weighted by Crippen LogP contribution is 2.33.